The first-order valence-electron chi connectivity index (χ1n) is 6.91. The zero-order valence-electron chi connectivity index (χ0n) is 12.5. The van der Waals surface area contributed by atoms with E-state index in [0.717, 1.165) is 16.9 Å². The first kappa shape index (κ1) is 14.9. The van der Waals surface area contributed by atoms with Gasteiger partial charge in [0, 0.05) is 5.56 Å². The van der Waals surface area contributed by atoms with Gasteiger partial charge in [0.2, 0.25) is 0 Å². The van der Waals surface area contributed by atoms with Crippen LogP contribution >= 0.6 is 11.6 Å². The first-order valence-corrected chi connectivity index (χ1v) is 7.35. The molecule has 1 atom stereocenters. The van der Waals surface area contributed by atoms with Crippen molar-refractivity contribution in [3.63, 3.8) is 0 Å². The van der Waals surface area contributed by atoms with Gasteiger partial charge in [-0.3, -0.25) is 0 Å². The lowest BCUT2D eigenvalue weighted by atomic mass is 9.97. The molecular weight excluding hydrogens is 268 g/mol. The molecule has 0 spiro atoms. The molecule has 0 heterocycles. The van der Waals surface area contributed by atoms with Crippen molar-refractivity contribution in [2.45, 2.75) is 32.1 Å². The molecule has 1 nitrogen and oxygen atoms in total. The van der Waals surface area contributed by atoms with Crippen molar-refractivity contribution in [3.05, 3.63) is 64.7 Å². The standard InChI is InChI=1S/C18H21ClO/c1-12(2)14-6-8-15(9-7-14)18(19)16-11-13(3)5-10-17(16)20-4/h5-12,18H,1-4H3. The molecule has 2 rings (SSSR count). The van der Waals surface area contributed by atoms with Gasteiger partial charge in [0.15, 0.2) is 0 Å². The smallest absolute Gasteiger partial charge is 0.123 e. The third kappa shape index (κ3) is 3.16. The summed E-state index contributed by atoms with van der Waals surface area (Å²) in [6.45, 7) is 6.45. The largest absolute Gasteiger partial charge is 0.496 e. The Morgan fingerprint density at radius 3 is 2.10 bits per heavy atom. The summed E-state index contributed by atoms with van der Waals surface area (Å²) in [6.07, 6.45) is 0. The third-order valence-corrected chi connectivity index (χ3v) is 4.04. The van der Waals surface area contributed by atoms with Crippen molar-refractivity contribution in [3.8, 4) is 5.75 Å². The maximum Gasteiger partial charge on any atom is 0.123 e. The third-order valence-electron chi connectivity index (χ3n) is 3.55. The van der Waals surface area contributed by atoms with Crippen LogP contribution in [-0.4, -0.2) is 7.11 Å². The summed E-state index contributed by atoms with van der Waals surface area (Å²) in [4.78, 5) is 0. The van der Waals surface area contributed by atoms with Gasteiger partial charge in [-0.15, -0.1) is 11.6 Å². The molecule has 0 aliphatic rings. The fourth-order valence-electron chi connectivity index (χ4n) is 2.28. The summed E-state index contributed by atoms with van der Waals surface area (Å²) >= 11 is 6.64. The predicted octanol–water partition coefficient (Wildman–Crippen LogP) is 5.46. The van der Waals surface area contributed by atoms with E-state index in [1.165, 1.54) is 11.1 Å². The van der Waals surface area contributed by atoms with Crippen LogP contribution in [0, 0.1) is 6.92 Å². The molecule has 0 amide bonds. The summed E-state index contributed by atoms with van der Waals surface area (Å²) in [6, 6.07) is 14.6. The molecule has 0 aliphatic heterocycles. The Bertz CT molecular complexity index is 572. The lowest BCUT2D eigenvalue weighted by Gasteiger charge is -2.16. The highest BCUT2D eigenvalue weighted by molar-refractivity contribution is 6.22. The Hall–Kier alpha value is -1.47. The second kappa shape index (κ2) is 6.32. The second-order valence-corrected chi connectivity index (χ2v) is 5.87. The van der Waals surface area contributed by atoms with Gasteiger partial charge in [-0.25, -0.2) is 0 Å². The van der Waals surface area contributed by atoms with Crippen molar-refractivity contribution in [1.29, 1.82) is 0 Å². The highest BCUT2D eigenvalue weighted by Crippen LogP contribution is 2.36. The first-order chi connectivity index (χ1) is 9.52. The molecule has 106 valence electrons. The molecule has 1 unspecified atom stereocenters. The molecule has 0 bridgehead atoms. The number of rotatable bonds is 4. The topological polar surface area (TPSA) is 9.23 Å². The van der Waals surface area contributed by atoms with Gasteiger partial charge in [0.1, 0.15) is 5.75 Å². The van der Waals surface area contributed by atoms with Crippen LogP contribution in [-0.2, 0) is 0 Å². The Labute approximate surface area is 126 Å². The summed E-state index contributed by atoms with van der Waals surface area (Å²) in [5, 5.41) is -0.189. The Balaban J connectivity index is 2.35. The van der Waals surface area contributed by atoms with E-state index < -0.39 is 0 Å². The van der Waals surface area contributed by atoms with E-state index in [9.17, 15) is 0 Å². The minimum Gasteiger partial charge on any atom is -0.496 e. The molecular formula is C18H21ClO. The quantitative estimate of drug-likeness (QED) is 0.679. The van der Waals surface area contributed by atoms with Crippen LogP contribution in [0.4, 0.5) is 0 Å². The van der Waals surface area contributed by atoms with E-state index in [2.05, 4.69) is 51.1 Å². The monoisotopic (exact) mass is 288 g/mol. The molecule has 20 heavy (non-hydrogen) atoms. The number of methoxy groups -OCH3 is 1. The van der Waals surface area contributed by atoms with Gasteiger partial charge in [0.05, 0.1) is 12.5 Å². The Morgan fingerprint density at radius 1 is 0.950 bits per heavy atom. The van der Waals surface area contributed by atoms with E-state index in [1.807, 2.05) is 12.1 Å². The van der Waals surface area contributed by atoms with Crippen LogP contribution in [0.25, 0.3) is 0 Å². The number of alkyl halides is 1. The van der Waals surface area contributed by atoms with Gasteiger partial charge in [0.25, 0.3) is 0 Å². The van der Waals surface area contributed by atoms with E-state index in [-0.39, 0.29) is 5.38 Å². The highest BCUT2D eigenvalue weighted by Gasteiger charge is 2.16. The predicted molar refractivity (Wildman–Crippen MR) is 86.0 cm³/mol. The molecule has 2 heteroatoms. The maximum atomic E-state index is 6.64. The zero-order valence-corrected chi connectivity index (χ0v) is 13.2. The molecule has 0 N–H and O–H groups in total. The summed E-state index contributed by atoms with van der Waals surface area (Å²) in [5.41, 5.74) is 4.63. The van der Waals surface area contributed by atoms with E-state index in [1.54, 1.807) is 7.11 Å². The molecule has 0 saturated carbocycles. The van der Waals surface area contributed by atoms with Gasteiger partial charge in [-0.05, 0) is 30.0 Å². The van der Waals surface area contributed by atoms with Gasteiger partial charge in [-0.2, -0.15) is 0 Å². The van der Waals surface area contributed by atoms with Crippen molar-refractivity contribution in [2.24, 2.45) is 0 Å². The SMILES string of the molecule is COc1ccc(C)cc1C(Cl)c1ccc(C(C)C)cc1. The van der Waals surface area contributed by atoms with E-state index >= 15 is 0 Å². The van der Waals surface area contributed by atoms with Crippen molar-refractivity contribution in [1.82, 2.24) is 0 Å². The van der Waals surface area contributed by atoms with Crippen LogP contribution in [0.5, 0.6) is 5.75 Å². The number of hydrogen-bond acceptors (Lipinski definition) is 1. The van der Waals surface area contributed by atoms with Crippen molar-refractivity contribution in [2.75, 3.05) is 7.11 Å². The molecule has 0 fully saturated rings. The molecule has 0 aromatic heterocycles. The lowest BCUT2D eigenvalue weighted by Crippen LogP contribution is -1.99. The molecule has 0 saturated heterocycles. The van der Waals surface area contributed by atoms with Gasteiger partial charge < -0.3 is 4.74 Å². The zero-order chi connectivity index (χ0) is 14.7. The van der Waals surface area contributed by atoms with Crippen LogP contribution in [0.3, 0.4) is 0 Å². The average molecular weight is 289 g/mol. The fourth-order valence-corrected chi connectivity index (χ4v) is 2.60. The van der Waals surface area contributed by atoms with Crippen LogP contribution in [0.15, 0.2) is 42.5 Å². The minimum absolute atomic E-state index is 0.189. The molecule has 0 radical (unpaired) electrons. The summed E-state index contributed by atoms with van der Waals surface area (Å²) in [5.74, 6) is 1.37. The number of ether oxygens (including phenoxy) is 1. The number of halogens is 1. The Morgan fingerprint density at radius 2 is 1.55 bits per heavy atom. The van der Waals surface area contributed by atoms with Gasteiger partial charge in [-0.1, -0.05) is 55.8 Å². The number of aryl methyl sites for hydroxylation is 1. The second-order valence-electron chi connectivity index (χ2n) is 5.43. The van der Waals surface area contributed by atoms with Crippen LogP contribution in [0.2, 0.25) is 0 Å². The minimum atomic E-state index is -0.189. The van der Waals surface area contributed by atoms with Crippen molar-refractivity contribution >= 4 is 11.6 Å². The molecule has 2 aromatic carbocycles. The Kier molecular flexibility index (Phi) is 4.72. The molecule has 2 aromatic rings. The maximum absolute atomic E-state index is 6.64. The van der Waals surface area contributed by atoms with Crippen LogP contribution < -0.4 is 4.74 Å². The lowest BCUT2D eigenvalue weighted by molar-refractivity contribution is 0.410. The molecule has 0 aliphatic carbocycles. The summed E-state index contributed by atoms with van der Waals surface area (Å²) in [7, 11) is 1.68. The number of benzene rings is 2. The normalized spacial score (nSPS) is 12.5. The summed E-state index contributed by atoms with van der Waals surface area (Å²) < 4.78 is 5.42. The number of hydrogen-bond donors (Lipinski definition) is 0. The highest BCUT2D eigenvalue weighted by atomic mass is 35.5. The fraction of sp³-hybridized carbons (Fsp3) is 0.333. The van der Waals surface area contributed by atoms with E-state index in [0.29, 0.717) is 5.92 Å². The van der Waals surface area contributed by atoms with Crippen molar-refractivity contribution < 1.29 is 4.74 Å². The average Bonchev–Trinajstić information content (AvgIpc) is 2.46. The van der Waals surface area contributed by atoms with Gasteiger partial charge >= 0.3 is 0 Å². The van der Waals surface area contributed by atoms with E-state index in [4.69, 9.17) is 16.3 Å². The van der Waals surface area contributed by atoms with Crippen LogP contribution in [0.1, 0.15) is 47.4 Å².